The van der Waals surface area contributed by atoms with Gasteiger partial charge in [0, 0.05) is 0 Å². The van der Waals surface area contributed by atoms with Crippen LogP contribution in [0.3, 0.4) is 0 Å². The summed E-state index contributed by atoms with van der Waals surface area (Å²) < 4.78 is 30.6. The van der Waals surface area contributed by atoms with E-state index in [1.807, 2.05) is 60.7 Å². The molecule has 0 aliphatic carbocycles. The van der Waals surface area contributed by atoms with Crippen LogP contribution in [0.2, 0.25) is 9.97 Å². The van der Waals surface area contributed by atoms with Gasteiger partial charge in [-0.2, -0.15) is 0 Å². The van der Waals surface area contributed by atoms with Crippen molar-refractivity contribution in [3.05, 3.63) is 84.0 Å². The second-order valence-corrected chi connectivity index (χ2v) is 10.4. The predicted molar refractivity (Wildman–Crippen MR) is 121 cm³/mol. The average Bonchev–Trinajstić information content (AvgIpc) is 3.38. The second-order valence-electron chi connectivity index (χ2n) is 7.39. The fourth-order valence-corrected chi connectivity index (χ4v) is 6.50. The van der Waals surface area contributed by atoms with Gasteiger partial charge in [0.1, 0.15) is 0 Å². The van der Waals surface area contributed by atoms with Crippen molar-refractivity contribution in [2.24, 2.45) is 0 Å². The molecule has 9 heteroatoms. The minimum atomic E-state index is -1.19. The number of rotatable bonds is 7. The number of imidazole rings is 1. The zero-order chi connectivity index (χ0) is 21.9. The zero-order valence-electron chi connectivity index (χ0n) is 16.9. The molecule has 1 saturated heterocycles. The molecule has 0 spiro atoms. The number of hydrogen-bond donors (Lipinski definition) is 0. The first-order valence-corrected chi connectivity index (χ1v) is 12.4. The molecule has 6 nitrogen and oxygen atoms in total. The number of benzene rings is 2. The van der Waals surface area contributed by atoms with Gasteiger partial charge in [-0.1, -0.05) is 0 Å². The third kappa shape index (κ3) is 4.42. The summed E-state index contributed by atoms with van der Waals surface area (Å²) in [5, 5.41) is 0.261. The minimum absolute atomic E-state index is 0.163. The van der Waals surface area contributed by atoms with E-state index in [2.05, 4.69) is 15.0 Å². The SMILES string of the molecule is F[C@H]1[C@@H]([Se]c2ccccc2)[C@H](n2cnc3c(Cl)ncnc32)O[C@@H]1COCc1ccccc1. The Balaban J connectivity index is 1.39. The van der Waals surface area contributed by atoms with Gasteiger partial charge in [0.2, 0.25) is 0 Å². The van der Waals surface area contributed by atoms with Gasteiger partial charge in [-0.05, 0) is 0 Å². The maximum absolute atomic E-state index is 15.7. The number of alkyl halides is 1. The number of ether oxygens (including phenoxy) is 2. The summed E-state index contributed by atoms with van der Waals surface area (Å²) in [6, 6.07) is 19.8. The van der Waals surface area contributed by atoms with Gasteiger partial charge in [0.15, 0.2) is 0 Å². The van der Waals surface area contributed by atoms with E-state index in [0.717, 1.165) is 10.0 Å². The van der Waals surface area contributed by atoms with Crippen LogP contribution in [0.4, 0.5) is 4.39 Å². The normalized spacial score (nSPS) is 23.1. The molecule has 2 aromatic heterocycles. The van der Waals surface area contributed by atoms with Gasteiger partial charge in [-0.3, -0.25) is 0 Å². The number of halogens is 2. The van der Waals surface area contributed by atoms with E-state index in [1.54, 1.807) is 10.9 Å². The monoisotopic (exact) mass is 518 g/mol. The van der Waals surface area contributed by atoms with Crippen molar-refractivity contribution in [2.45, 2.75) is 29.9 Å². The number of aromatic nitrogens is 4. The standard InChI is InChI=1S/C23H20ClFN4O2Se/c24-21-19-22(27-13-26-21)29(14-28-19)23-20(32-16-9-5-2-6-10-16)18(25)17(31-23)12-30-11-15-7-3-1-4-8-15/h1-10,13-14,17-18,20,23H,11-12H2/t17-,18-,20-,23-/m1/s1. The Bertz CT molecular complexity index is 1180. The average molecular weight is 518 g/mol. The molecule has 0 amide bonds. The van der Waals surface area contributed by atoms with E-state index >= 15 is 4.39 Å². The Kier molecular flexibility index (Phi) is 6.48. The van der Waals surface area contributed by atoms with Crippen LogP contribution in [0.25, 0.3) is 11.2 Å². The summed E-state index contributed by atoms with van der Waals surface area (Å²) in [5.41, 5.74) is 2.04. The van der Waals surface area contributed by atoms with E-state index in [1.165, 1.54) is 6.33 Å². The van der Waals surface area contributed by atoms with Crippen molar-refractivity contribution < 1.29 is 13.9 Å². The second kappa shape index (κ2) is 9.65. The van der Waals surface area contributed by atoms with Crippen molar-refractivity contribution in [3.63, 3.8) is 0 Å². The fraction of sp³-hybridized carbons (Fsp3) is 0.261. The third-order valence-electron chi connectivity index (χ3n) is 5.26. The van der Waals surface area contributed by atoms with E-state index in [-0.39, 0.29) is 31.5 Å². The van der Waals surface area contributed by atoms with E-state index in [4.69, 9.17) is 21.1 Å². The zero-order valence-corrected chi connectivity index (χ0v) is 19.4. The number of nitrogens with zero attached hydrogens (tertiary/aromatic N) is 4. The summed E-state index contributed by atoms with van der Waals surface area (Å²) in [5.74, 6) is 0. The van der Waals surface area contributed by atoms with Gasteiger partial charge in [-0.15, -0.1) is 0 Å². The first-order chi connectivity index (χ1) is 15.7. The van der Waals surface area contributed by atoms with Gasteiger partial charge in [-0.25, -0.2) is 0 Å². The molecule has 1 aliphatic heterocycles. The quantitative estimate of drug-likeness (QED) is 0.276. The Morgan fingerprint density at radius 3 is 2.56 bits per heavy atom. The third-order valence-corrected chi connectivity index (χ3v) is 8.29. The van der Waals surface area contributed by atoms with Crippen LogP contribution in [0.15, 0.2) is 73.3 Å². The molecule has 164 valence electrons. The van der Waals surface area contributed by atoms with Crippen LogP contribution >= 0.6 is 11.6 Å². The summed E-state index contributed by atoms with van der Waals surface area (Å²) >= 11 is 6.00. The van der Waals surface area contributed by atoms with Crippen molar-refractivity contribution >= 4 is 42.2 Å². The topological polar surface area (TPSA) is 62.1 Å². The van der Waals surface area contributed by atoms with Crippen LogP contribution in [0.1, 0.15) is 11.8 Å². The Morgan fingerprint density at radius 2 is 1.78 bits per heavy atom. The molecular weight excluding hydrogens is 498 g/mol. The van der Waals surface area contributed by atoms with Gasteiger partial charge < -0.3 is 0 Å². The van der Waals surface area contributed by atoms with Gasteiger partial charge in [0.05, 0.1) is 0 Å². The summed E-state index contributed by atoms with van der Waals surface area (Å²) in [4.78, 5) is 12.3. The first kappa shape index (κ1) is 21.5. The van der Waals surface area contributed by atoms with Crippen LogP contribution in [0, 0.1) is 0 Å². The molecule has 32 heavy (non-hydrogen) atoms. The molecule has 0 bridgehead atoms. The molecule has 1 aliphatic rings. The maximum atomic E-state index is 15.7. The summed E-state index contributed by atoms with van der Waals surface area (Å²) in [6.45, 7) is 0.569. The van der Waals surface area contributed by atoms with E-state index in [9.17, 15) is 0 Å². The molecule has 1 fully saturated rings. The molecule has 3 heterocycles. The van der Waals surface area contributed by atoms with Crippen molar-refractivity contribution in [3.8, 4) is 0 Å². The van der Waals surface area contributed by atoms with Gasteiger partial charge >= 0.3 is 196 Å². The van der Waals surface area contributed by atoms with Crippen LogP contribution in [0.5, 0.6) is 0 Å². The fourth-order valence-electron chi connectivity index (χ4n) is 3.71. The van der Waals surface area contributed by atoms with Crippen LogP contribution in [-0.2, 0) is 16.1 Å². The van der Waals surface area contributed by atoms with E-state index in [0.29, 0.717) is 17.8 Å². The summed E-state index contributed by atoms with van der Waals surface area (Å²) in [6.07, 6.45) is 0.540. The van der Waals surface area contributed by atoms with Gasteiger partial charge in [0.25, 0.3) is 0 Å². The molecule has 0 unspecified atom stereocenters. The van der Waals surface area contributed by atoms with E-state index < -0.39 is 18.5 Å². The number of hydrogen-bond acceptors (Lipinski definition) is 5. The predicted octanol–water partition coefficient (Wildman–Crippen LogP) is 3.75. The van der Waals surface area contributed by atoms with Crippen molar-refractivity contribution in [2.75, 3.05) is 6.61 Å². The molecule has 4 atom stereocenters. The Morgan fingerprint density at radius 1 is 1.03 bits per heavy atom. The molecule has 4 aromatic rings. The molecule has 2 aromatic carbocycles. The van der Waals surface area contributed by atoms with Crippen molar-refractivity contribution in [1.29, 1.82) is 0 Å². The van der Waals surface area contributed by atoms with Crippen LogP contribution < -0.4 is 4.46 Å². The number of fused-ring (bicyclic) bond motifs is 1. The summed E-state index contributed by atoms with van der Waals surface area (Å²) in [7, 11) is 0. The molecule has 5 rings (SSSR count). The first-order valence-electron chi connectivity index (χ1n) is 10.2. The molecule has 0 saturated carbocycles. The Hall–Kier alpha value is -2.35. The molecule has 0 radical (unpaired) electrons. The van der Waals surface area contributed by atoms with Crippen LogP contribution in [-0.4, -0.2) is 53.4 Å². The molecule has 0 N–H and O–H groups in total. The van der Waals surface area contributed by atoms with Crippen molar-refractivity contribution in [1.82, 2.24) is 19.5 Å². The Labute approximate surface area is 195 Å². The molecular formula is C23H20ClFN4O2Se.